The van der Waals surface area contributed by atoms with E-state index in [0.717, 1.165) is 28.3 Å². The van der Waals surface area contributed by atoms with Gasteiger partial charge in [0.1, 0.15) is 11.5 Å². The highest BCUT2D eigenvalue weighted by atomic mass is 32.1. The third-order valence-corrected chi connectivity index (χ3v) is 4.66. The third-order valence-electron chi connectivity index (χ3n) is 4.34. The quantitative estimate of drug-likeness (QED) is 0.604. The van der Waals surface area contributed by atoms with Gasteiger partial charge in [-0.3, -0.25) is 0 Å². The van der Waals surface area contributed by atoms with E-state index in [1.54, 1.807) is 19.2 Å². The van der Waals surface area contributed by atoms with Gasteiger partial charge in [0.05, 0.1) is 13.7 Å². The number of hydrogen-bond donors (Lipinski definition) is 2. The van der Waals surface area contributed by atoms with Crippen molar-refractivity contribution in [1.82, 2.24) is 0 Å². The number of aryl methyl sites for hydroxylation is 1. The van der Waals surface area contributed by atoms with E-state index >= 15 is 0 Å². The highest BCUT2D eigenvalue weighted by molar-refractivity contribution is 7.80. The first kappa shape index (κ1) is 18.7. The monoisotopic (exact) mass is 378 g/mol. The summed E-state index contributed by atoms with van der Waals surface area (Å²) in [4.78, 5) is 1.95. The lowest BCUT2D eigenvalue weighted by atomic mass is 10.1. The predicted molar refractivity (Wildman–Crippen MR) is 115 cm³/mol. The van der Waals surface area contributed by atoms with Crippen molar-refractivity contribution in [3.8, 4) is 11.5 Å². The lowest BCUT2D eigenvalue weighted by molar-refractivity contribution is 0.415. The second-order valence-corrected chi connectivity index (χ2v) is 6.54. The van der Waals surface area contributed by atoms with Crippen molar-refractivity contribution in [3.05, 3.63) is 83.9 Å². The summed E-state index contributed by atoms with van der Waals surface area (Å²) in [5.41, 5.74) is 3.77. The zero-order chi connectivity index (χ0) is 19.2. The van der Waals surface area contributed by atoms with E-state index in [1.807, 2.05) is 72.5 Å². The SMILES string of the molecule is COc1ccc(N(Cc2ccccc2O)C(=S)Nc2ccccc2C)cc1. The fraction of sp³-hybridized carbons (Fsp3) is 0.136. The number of thiocarbonyl (C=S) groups is 1. The van der Waals surface area contributed by atoms with Crippen molar-refractivity contribution in [2.24, 2.45) is 0 Å². The van der Waals surface area contributed by atoms with Crippen LogP contribution in [0, 0.1) is 6.92 Å². The van der Waals surface area contributed by atoms with Crippen LogP contribution in [-0.4, -0.2) is 17.3 Å². The highest BCUT2D eigenvalue weighted by Crippen LogP contribution is 2.26. The summed E-state index contributed by atoms with van der Waals surface area (Å²) in [6.45, 7) is 2.47. The van der Waals surface area contributed by atoms with Crippen LogP contribution in [0.3, 0.4) is 0 Å². The topological polar surface area (TPSA) is 44.7 Å². The summed E-state index contributed by atoms with van der Waals surface area (Å²) in [6.07, 6.45) is 0. The normalized spacial score (nSPS) is 10.3. The second-order valence-electron chi connectivity index (χ2n) is 6.16. The molecule has 0 bridgehead atoms. The maximum Gasteiger partial charge on any atom is 0.178 e. The number of rotatable bonds is 5. The van der Waals surface area contributed by atoms with Crippen LogP contribution in [0.1, 0.15) is 11.1 Å². The molecule has 4 nitrogen and oxygen atoms in total. The fourth-order valence-corrected chi connectivity index (χ4v) is 3.03. The number of hydrogen-bond acceptors (Lipinski definition) is 3. The molecule has 0 aliphatic heterocycles. The number of nitrogens with zero attached hydrogens (tertiary/aromatic N) is 1. The molecule has 0 aliphatic rings. The van der Waals surface area contributed by atoms with Gasteiger partial charge < -0.3 is 20.1 Å². The molecule has 0 amide bonds. The van der Waals surface area contributed by atoms with Crippen LogP contribution in [0.5, 0.6) is 11.5 Å². The molecule has 0 saturated heterocycles. The largest absolute Gasteiger partial charge is 0.508 e. The number of aromatic hydroxyl groups is 1. The predicted octanol–water partition coefficient (Wildman–Crippen LogP) is 5.11. The van der Waals surface area contributed by atoms with E-state index in [9.17, 15) is 5.11 Å². The maximum atomic E-state index is 10.2. The Kier molecular flexibility index (Phi) is 5.94. The molecule has 0 unspecified atom stereocenters. The van der Waals surface area contributed by atoms with Gasteiger partial charge in [0.15, 0.2) is 5.11 Å². The van der Waals surface area contributed by atoms with Gasteiger partial charge in [0.2, 0.25) is 0 Å². The summed E-state index contributed by atoms with van der Waals surface area (Å²) < 4.78 is 5.25. The molecule has 27 heavy (non-hydrogen) atoms. The van der Waals surface area contributed by atoms with Gasteiger partial charge in [-0.1, -0.05) is 36.4 Å². The van der Waals surface area contributed by atoms with Gasteiger partial charge in [0, 0.05) is 16.9 Å². The second kappa shape index (κ2) is 8.56. The molecule has 3 rings (SSSR count). The number of phenols is 1. The lowest BCUT2D eigenvalue weighted by Crippen LogP contribution is -2.34. The minimum Gasteiger partial charge on any atom is -0.508 e. The van der Waals surface area contributed by atoms with Gasteiger partial charge >= 0.3 is 0 Å². The summed E-state index contributed by atoms with van der Waals surface area (Å²) in [5, 5.41) is 14.1. The average Bonchev–Trinajstić information content (AvgIpc) is 2.69. The van der Waals surface area contributed by atoms with E-state index in [4.69, 9.17) is 17.0 Å². The number of methoxy groups -OCH3 is 1. The number of benzene rings is 3. The van der Waals surface area contributed by atoms with Crippen LogP contribution in [-0.2, 0) is 6.54 Å². The Labute approximate surface area is 165 Å². The molecule has 0 aliphatic carbocycles. The molecule has 138 valence electrons. The smallest absolute Gasteiger partial charge is 0.178 e. The van der Waals surface area contributed by atoms with Gasteiger partial charge in [-0.2, -0.15) is 0 Å². The Bertz CT molecular complexity index is 926. The molecule has 0 spiro atoms. The number of para-hydroxylation sites is 2. The van der Waals surface area contributed by atoms with Crippen LogP contribution in [0.15, 0.2) is 72.8 Å². The zero-order valence-electron chi connectivity index (χ0n) is 15.3. The van der Waals surface area contributed by atoms with E-state index in [0.29, 0.717) is 11.7 Å². The first-order valence-corrected chi connectivity index (χ1v) is 9.04. The summed E-state index contributed by atoms with van der Waals surface area (Å²) in [6, 6.07) is 23.0. The molecule has 0 saturated carbocycles. The molecule has 2 N–H and O–H groups in total. The third kappa shape index (κ3) is 4.57. The zero-order valence-corrected chi connectivity index (χ0v) is 16.2. The Morgan fingerprint density at radius 3 is 2.33 bits per heavy atom. The molecule has 3 aromatic carbocycles. The highest BCUT2D eigenvalue weighted by Gasteiger charge is 2.16. The number of anilines is 2. The minimum atomic E-state index is 0.245. The standard InChI is InChI=1S/C22H22N2O2S/c1-16-7-3-5-9-20(16)23-22(27)24(15-17-8-4-6-10-21(17)25)18-11-13-19(26-2)14-12-18/h3-14,25H,15H2,1-2H3,(H,23,27). The van der Waals surface area contributed by atoms with E-state index < -0.39 is 0 Å². The van der Waals surface area contributed by atoms with E-state index in [2.05, 4.69) is 5.32 Å². The van der Waals surface area contributed by atoms with Crippen LogP contribution in [0.4, 0.5) is 11.4 Å². The first-order valence-electron chi connectivity index (χ1n) is 8.63. The summed E-state index contributed by atoms with van der Waals surface area (Å²) in [7, 11) is 1.64. The molecule has 0 aromatic heterocycles. The van der Waals surface area contributed by atoms with Gasteiger partial charge in [-0.15, -0.1) is 0 Å². The van der Waals surface area contributed by atoms with Crippen molar-refractivity contribution in [1.29, 1.82) is 0 Å². The molecular formula is C22H22N2O2S. The van der Waals surface area contributed by atoms with Crippen molar-refractivity contribution < 1.29 is 9.84 Å². The van der Waals surface area contributed by atoms with Crippen LogP contribution in [0.25, 0.3) is 0 Å². The van der Waals surface area contributed by atoms with E-state index in [-0.39, 0.29) is 5.75 Å². The van der Waals surface area contributed by atoms with Crippen LogP contribution in [0.2, 0.25) is 0 Å². The Hall–Kier alpha value is -3.05. The molecule has 0 fully saturated rings. The fourth-order valence-electron chi connectivity index (χ4n) is 2.75. The Morgan fingerprint density at radius 1 is 1.00 bits per heavy atom. The van der Waals surface area contributed by atoms with Crippen LogP contribution < -0.4 is 15.0 Å². The average molecular weight is 378 g/mol. The van der Waals surface area contributed by atoms with Crippen molar-refractivity contribution >= 4 is 28.7 Å². The molecular weight excluding hydrogens is 356 g/mol. The maximum absolute atomic E-state index is 10.2. The first-order chi connectivity index (χ1) is 13.1. The number of phenolic OH excluding ortho intramolecular Hbond substituents is 1. The Morgan fingerprint density at radius 2 is 1.67 bits per heavy atom. The Balaban J connectivity index is 1.91. The minimum absolute atomic E-state index is 0.245. The summed E-state index contributed by atoms with van der Waals surface area (Å²) >= 11 is 5.70. The number of ether oxygens (including phenoxy) is 1. The number of nitrogens with one attached hydrogen (secondary N) is 1. The van der Waals surface area contributed by atoms with Gasteiger partial charge in [-0.25, -0.2) is 0 Å². The summed E-state index contributed by atoms with van der Waals surface area (Å²) in [5.74, 6) is 1.02. The van der Waals surface area contributed by atoms with Crippen molar-refractivity contribution in [2.75, 3.05) is 17.3 Å². The van der Waals surface area contributed by atoms with Crippen molar-refractivity contribution in [2.45, 2.75) is 13.5 Å². The van der Waals surface area contributed by atoms with Gasteiger partial charge in [0.25, 0.3) is 0 Å². The molecule has 5 heteroatoms. The molecule has 0 atom stereocenters. The lowest BCUT2D eigenvalue weighted by Gasteiger charge is -2.27. The molecule has 0 radical (unpaired) electrons. The van der Waals surface area contributed by atoms with E-state index in [1.165, 1.54) is 0 Å². The molecule has 3 aromatic rings. The molecule has 0 heterocycles. The van der Waals surface area contributed by atoms with Crippen molar-refractivity contribution in [3.63, 3.8) is 0 Å². The van der Waals surface area contributed by atoms with Gasteiger partial charge in [-0.05, 0) is 61.1 Å². The van der Waals surface area contributed by atoms with Crippen LogP contribution >= 0.6 is 12.2 Å².